The number of fused-ring (bicyclic) bond motifs is 1. The number of methoxy groups -OCH3 is 1. The van der Waals surface area contributed by atoms with Crippen LogP contribution in [0.15, 0.2) is 54.6 Å². The second-order valence-electron chi connectivity index (χ2n) is 7.39. The van der Waals surface area contributed by atoms with Gasteiger partial charge in [-0.15, -0.1) is 0 Å². The molecule has 0 radical (unpaired) electrons. The van der Waals surface area contributed by atoms with Crippen molar-refractivity contribution in [1.82, 2.24) is 15.1 Å². The highest BCUT2D eigenvalue weighted by molar-refractivity contribution is 6.36. The first-order valence-electron chi connectivity index (χ1n) is 9.85. The van der Waals surface area contributed by atoms with Crippen molar-refractivity contribution in [2.75, 3.05) is 12.4 Å². The highest BCUT2D eigenvalue weighted by Crippen LogP contribution is 2.46. The number of carbonyl (C=O) groups is 1. The molecule has 1 aromatic heterocycles. The monoisotopic (exact) mass is 464 g/mol. The van der Waals surface area contributed by atoms with Crippen molar-refractivity contribution in [3.63, 3.8) is 0 Å². The first-order chi connectivity index (χ1) is 15.3. The predicted octanol–water partition coefficient (Wildman–Crippen LogP) is 5.14. The van der Waals surface area contributed by atoms with Gasteiger partial charge < -0.3 is 15.4 Å². The molecule has 32 heavy (non-hydrogen) atoms. The minimum atomic E-state index is -4.56. The Bertz CT molecular complexity index is 1100. The van der Waals surface area contributed by atoms with E-state index in [-0.39, 0.29) is 29.5 Å². The Morgan fingerprint density at radius 2 is 1.91 bits per heavy atom. The van der Waals surface area contributed by atoms with Crippen LogP contribution in [-0.4, -0.2) is 29.0 Å². The third kappa shape index (κ3) is 4.38. The fraction of sp³-hybridized carbons (Fsp3) is 0.273. The van der Waals surface area contributed by atoms with Crippen LogP contribution in [0.25, 0.3) is 0 Å². The van der Waals surface area contributed by atoms with Crippen molar-refractivity contribution in [1.29, 1.82) is 0 Å². The first-order valence-corrected chi connectivity index (χ1v) is 10.2. The van der Waals surface area contributed by atoms with Gasteiger partial charge in [0, 0.05) is 13.0 Å². The maximum absolute atomic E-state index is 13.8. The normalized spacial score (nSPS) is 17.9. The molecular formula is C22H20ClF3N4O2. The average Bonchev–Trinajstić information content (AvgIpc) is 3.13. The summed E-state index contributed by atoms with van der Waals surface area (Å²) in [7, 11) is 1.55. The summed E-state index contributed by atoms with van der Waals surface area (Å²) in [5, 5.41) is 9.46. The van der Waals surface area contributed by atoms with Gasteiger partial charge in [0.15, 0.2) is 11.7 Å². The Balaban J connectivity index is 1.59. The number of nitrogens with zero attached hydrogens (tertiary/aromatic N) is 2. The number of nitrogens with one attached hydrogen (secondary N) is 2. The molecule has 10 heteroatoms. The lowest BCUT2D eigenvalue weighted by atomic mass is 9.97. The van der Waals surface area contributed by atoms with Crippen molar-refractivity contribution >= 4 is 23.3 Å². The van der Waals surface area contributed by atoms with Crippen LogP contribution >= 0.6 is 11.6 Å². The van der Waals surface area contributed by atoms with Crippen molar-refractivity contribution in [3.8, 4) is 5.75 Å². The maximum Gasteiger partial charge on any atom is 0.410 e. The van der Waals surface area contributed by atoms with Crippen LogP contribution in [-0.2, 0) is 6.54 Å². The van der Waals surface area contributed by atoms with E-state index < -0.39 is 24.2 Å². The van der Waals surface area contributed by atoms with Gasteiger partial charge >= 0.3 is 6.18 Å². The molecule has 2 atom stereocenters. The molecule has 4 rings (SSSR count). The fourth-order valence-electron chi connectivity index (χ4n) is 3.65. The Morgan fingerprint density at radius 3 is 2.53 bits per heavy atom. The SMILES string of the molecule is COc1ccc(CNC(=O)c2nn3c(c2Cl)N[C@@H](c2ccccc2)C[C@@H]3C(F)(F)F)cc1. The van der Waals surface area contributed by atoms with Crippen LogP contribution in [0.1, 0.15) is 40.1 Å². The molecule has 6 nitrogen and oxygen atoms in total. The zero-order valence-electron chi connectivity index (χ0n) is 17.0. The summed E-state index contributed by atoms with van der Waals surface area (Å²) in [6, 6.07) is 13.3. The Hall–Kier alpha value is -3.20. The number of alkyl halides is 3. The van der Waals surface area contributed by atoms with E-state index in [1.54, 1.807) is 61.7 Å². The Morgan fingerprint density at radius 1 is 1.22 bits per heavy atom. The summed E-state index contributed by atoms with van der Waals surface area (Å²) in [5.74, 6) is -0.0162. The molecule has 0 unspecified atom stereocenters. The lowest BCUT2D eigenvalue weighted by Crippen LogP contribution is -2.35. The molecule has 2 heterocycles. The predicted molar refractivity (Wildman–Crippen MR) is 114 cm³/mol. The minimum absolute atomic E-state index is 0.0244. The van der Waals surface area contributed by atoms with Gasteiger partial charge in [0.25, 0.3) is 5.91 Å². The van der Waals surface area contributed by atoms with Crippen LogP contribution in [0.5, 0.6) is 5.75 Å². The lowest BCUT2D eigenvalue weighted by Gasteiger charge is -2.33. The molecular weight excluding hydrogens is 445 g/mol. The Kier molecular flexibility index (Phi) is 6.01. The van der Waals surface area contributed by atoms with Crippen LogP contribution in [0.3, 0.4) is 0 Å². The number of anilines is 1. The summed E-state index contributed by atoms with van der Waals surface area (Å²) in [4.78, 5) is 12.7. The third-order valence-corrected chi connectivity index (χ3v) is 5.68. The average molecular weight is 465 g/mol. The number of ether oxygens (including phenoxy) is 1. The molecule has 0 aliphatic carbocycles. The van der Waals surface area contributed by atoms with Gasteiger partial charge in [0.05, 0.1) is 13.2 Å². The number of benzene rings is 2. The van der Waals surface area contributed by atoms with E-state index in [9.17, 15) is 18.0 Å². The highest BCUT2D eigenvalue weighted by Gasteiger charge is 2.47. The van der Waals surface area contributed by atoms with Gasteiger partial charge in [-0.05, 0) is 23.3 Å². The van der Waals surface area contributed by atoms with Crippen molar-refractivity contribution < 1.29 is 22.7 Å². The molecule has 0 bridgehead atoms. The molecule has 168 valence electrons. The van der Waals surface area contributed by atoms with Crippen LogP contribution < -0.4 is 15.4 Å². The summed E-state index contributed by atoms with van der Waals surface area (Å²) >= 11 is 6.34. The molecule has 2 N–H and O–H groups in total. The molecule has 1 amide bonds. The minimum Gasteiger partial charge on any atom is -0.497 e. The number of rotatable bonds is 5. The number of carbonyl (C=O) groups excluding carboxylic acids is 1. The van der Waals surface area contributed by atoms with Gasteiger partial charge in [-0.25, -0.2) is 4.68 Å². The smallest absolute Gasteiger partial charge is 0.410 e. The topological polar surface area (TPSA) is 68.2 Å². The van der Waals surface area contributed by atoms with E-state index in [0.717, 1.165) is 10.2 Å². The molecule has 0 fully saturated rings. The first kappa shape index (κ1) is 22.0. The second-order valence-corrected chi connectivity index (χ2v) is 7.77. The molecule has 3 aromatic rings. The second kappa shape index (κ2) is 8.74. The number of hydrogen-bond donors (Lipinski definition) is 2. The summed E-state index contributed by atoms with van der Waals surface area (Å²) in [6.45, 7) is 0.157. The van der Waals surface area contributed by atoms with E-state index in [1.165, 1.54) is 0 Å². The summed E-state index contributed by atoms with van der Waals surface area (Å²) in [5.41, 5.74) is 1.22. The van der Waals surface area contributed by atoms with Crippen molar-refractivity contribution in [3.05, 3.63) is 76.4 Å². The molecule has 2 aromatic carbocycles. The summed E-state index contributed by atoms with van der Waals surface area (Å²) < 4.78 is 47.4. The number of amides is 1. The van der Waals surface area contributed by atoms with E-state index >= 15 is 0 Å². The van der Waals surface area contributed by atoms with Crippen LogP contribution in [0.4, 0.5) is 19.0 Å². The highest BCUT2D eigenvalue weighted by atomic mass is 35.5. The van der Waals surface area contributed by atoms with Gasteiger partial charge in [-0.1, -0.05) is 54.1 Å². The van der Waals surface area contributed by atoms with E-state index in [0.29, 0.717) is 11.3 Å². The van der Waals surface area contributed by atoms with Gasteiger partial charge in [0.1, 0.15) is 16.6 Å². The van der Waals surface area contributed by atoms with E-state index in [4.69, 9.17) is 16.3 Å². The molecule has 1 aliphatic heterocycles. The van der Waals surface area contributed by atoms with E-state index in [2.05, 4.69) is 15.7 Å². The molecule has 1 aliphatic rings. The largest absolute Gasteiger partial charge is 0.497 e. The number of halogens is 4. The third-order valence-electron chi connectivity index (χ3n) is 5.32. The molecule has 0 saturated heterocycles. The maximum atomic E-state index is 13.8. The van der Waals surface area contributed by atoms with Gasteiger partial charge in [0.2, 0.25) is 0 Å². The van der Waals surface area contributed by atoms with Crippen molar-refractivity contribution in [2.24, 2.45) is 0 Å². The standard InChI is InChI=1S/C22H20ClF3N4O2/c1-32-15-9-7-13(8-10-15)12-27-21(31)19-18(23)20-28-16(14-5-3-2-4-6-14)11-17(22(24,25)26)30(20)29-19/h2-10,16-17,28H,11-12H2,1H3,(H,27,31)/t16-,17-/m1/s1. The van der Waals surface area contributed by atoms with Crippen LogP contribution in [0.2, 0.25) is 5.02 Å². The zero-order valence-corrected chi connectivity index (χ0v) is 17.7. The fourth-order valence-corrected chi connectivity index (χ4v) is 3.91. The molecule has 0 saturated carbocycles. The van der Waals surface area contributed by atoms with Crippen molar-refractivity contribution in [2.45, 2.75) is 31.2 Å². The summed E-state index contributed by atoms with van der Waals surface area (Å²) in [6.07, 6.45) is -4.83. The number of aromatic nitrogens is 2. The Labute approximate surface area is 187 Å². The zero-order chi connectivity index (χ0) is 22.9. The van der Waals surface area contributed by atoms with Gasteiger partial charge in [-0.3, -0.25) is 4.79 Å². The lowest BCUT2D eigenvalue weighted by molar-refractivity contribution is -0.173. The molecule has 0 spiro atoms. The van der Waals surface area contributed by atoms with Crippen LogP contribution in [0, 0.1) is 0 Å². The number of hydrogen-bond acceptors (Lipinski definition) is 4. The quantitative estimate of drug-likeness (QED) is 0.549. The van der Waals surface area contributed by atoms with Gasteiger partial charge in [-0.2, -0.15) is 18.3 Å². The van der Waals surface area contributed by atoms with E-state index in [1.807, 2.05) is 0 Å².